The maximum absolute atomic E-state index is 5.79. The summed E-state index contributed by atoms with van der Waals surface area (Å²) in [5.41, 5.74) is 7.21. The number of hydrogen-bond acceptors (Lipinski definition) is 3. The zero-order valence-corrected chi connectivity index (χ0v) is 10.1. The van der Waals surface area contributed by atoms with Crippen LogP contribution in [-0.2, 0) is 6.54 Å². The Hall–Kier alpha value is -1.09. The Morgan fingerprint density at radius 1 is 1.40 bits per heavy atom. The van der Waals surface area contributed by atoms with Crippen molar-refractivity contribution in [2.24, 2.45) is 5.41 Å². The highest BCUT2D eigenvalue weighted by atomic mass is 15.1. The number of pyridine rings is 1. The Balaban J connectivity index is 2.59. The molecule has 0 aliphatic rings. The zero-order chi connectivity index (χ0) is 11.5. The normalized spacial score (nSPS) is 12.1. The molecule has 0 atom stereocenters. The van der Waals surface area contributed by atoms with Gasteiger partial charge in [-0.25, -0.2) is 4.98 Å². The fraction of sp³-hybridized carbons (Fsp3) is 0.583. The predicted molar refractivity (Wildman–Crippen MR) is 64.4 cm³/mol. The second-order valence-electron chi connectivity index (χ2n) is 5.28. The van der Waals surface area contributed by atoms with Crippen LogP contribution in [0.25, 0.3) is 0 Å². The summed E-state index contributed by atoms with van der Waals surface area (Å²) < 4.78 is 0. The van der Waals surface area contributed by atoms with Gasteiger partial charge in [-0.15, -0.1) is 0 Å². The summed E-state index contributed by atoms with van der Waals surface area (Å²) in [7, 11) is 2.11. The van der Waals surface area contributed by atoms with E-state index in [-0.39, 0.29) is 0 Å². The third kappa shape index (κ3) is 4.30. The molecule has 0 aliphatic carbocycles. The molecular formula is C12H21N3. The average molecular weight is 207 g/mol. The van der Waals surface area contributed by atoms with Crippen molar-refractivity contribution in [1.82, 2.24) is 9.88 Å². The quantitative estimate of drug-likeness (QED) is 0.825. The van der Waals surface area contributed by atoms with Gasteiger partial charge in [0, 0.05) is 24.8 Å². The molecule has 3 nitrogen and oxygen atoms in total. The molecule has 0 saturated heterocycles. The Morgan fingerprint density at radius 3 is 2.60 bits per heavy atom. The molecule has 1 aromatic heterocycles. The minimum Gasteiger partial charge on any atom is -0.383 e. The van der Waals surface area contributed by atoms with Gasteiger partial charge in [0.25, 0.3) is 0 Å². The Labute approximate surface area is 92.3 Å². The van der Waals surface area contributed by atoms with Crippen LogP contribution in [-0.4, -0.2) is 23.5 Å². The van der Waals surface area contributed by atoms with Gasteiger partial charge in [-0.2, -0.15) is 0 Å². The Kier molecular flexibility index (Phi) is 3.69. The second kappa shape index (κ2) is 4.62. The molecule has 0 amide bonds. The van der Waals surface area contributed by atoms with Gasteiger partial charge in [-0.05, 0) is 18.5 Å². The van der Waals surface area contributed by atoms with Crippen LogP contribution >= 0.6 is 0 Å². The monoisotopic (exact) mass is 207 g/mol. The van der Waals surface area contributed by atoms with Crippen LogP contribution < -0.4 is 5.73 Å². The molecule has 0 aromatic carbocycles. The maximum atomic E-state index is 5.79. The molecule has 1 aromatic rings. The van der Waals surface area contributed by atoms with Gasteiger partial charge in [0.15, 0.2) is 0 Å². The lowest BCUT2D eigenvalue weighted by Gasteiger charge is -2.26. The van der Waals surface area contributed by atoms with Crippen LogP contribution in [0, 0.1) is 5.41 Å². The van der Waals surface area contributed by atoms with E-state index in [1.54, 1.807) is 6.20 Å². The smallest absolute Gasteiger partial charge is 0.127 e. The molecule has 1 heterocycles. The van der Waals surface area contributed by atoms with E-state index < -0.39 is 0 Å². The summed E-state index contributed by atoms with van der Waals surface area (Å²) in [6, 6.07) is 3.96. The molecule has 3 heteroatoms. The molecule has 0 aliphatic heterocycles. The van der Waals surface area contributed by atoms with Gasteiger partial charge in [0.05, 0.1) is 0 Å². The minimum absolute atomic E-state index is 0.311. The number of nitrogen functional groups attached to an aromatic ring is 1. The Bertz CT molecular complexity index is 315. The number of nitrogens with two attached hydrogens (primary N) is 1. The highest BCUT2D eigenvalue weighted by Gasteiger charge is 2.14. The highest BCUT2D eigenvalue weighted by molar-refractivity contribution is 5.38. The predicted octanol–water partition coefficient (Wildman–Crippen LogP) is 2.14. The SMILES string of the molecule is CN(Cc1cccnc1N)CC(C)(C)C. The van der Waals surface area contributed by atoms with E-state index in [1.165, 1.54) is 0 Å². The largest absolute Gasteiger partial charge is 0.383 e. The first-order valence-corrected chi connectivity index (χ1v) is 5.26. The van der Waals surface area contributed by atoms with E-state index in [2.05, 4.69) is 37.7 Å². The van der Waals surface area contributed by atoms with Crippen molar-refractivity contribution in [2.45, 2.75) is 27.3 Å². The van der Waals surface area contributed by atoms with Crippen LogP contribution in [0.2, 0.25) is 0 Å². The van der Waals surface area contributed by atoms with E-state index in [1.807, 2.05) is 12.1 Å². The van der Waals surface area contributed by atoms with Gasteiger partial charge >= 0.3 is 0 Å². The first kappa shape index (κ1) is 12.0. The van der Waals surface area contributed by atoms with Gasteiger partial charge in [0.1, 0.15) is 5.82 Å². The van der Waals surface area contributed by atoms with Gasteiger partial charge in [0.2, 0.25) is 0 Å². The van der Waals surface area contributed by atoms with Crippen molar-refractivity contribution in [3.63, 3.8) is 0 Å². The van der Waals surface area contributed by atoms with Crippen molar-refractivity contribution in [1.29, 1.82) is 0 Å². The molecule has 84 valence electrons. The molecule has 2 N–H and O–H groups in total. The van der Waals surface area contributed by atoms with E-state index >= 15 is 0 Å². The maximum Gasteiger partial charge on any atom is 0.127 e. The van der Waals surface area contributed by atoms with E-state index in [9.17, 15) is 0 Å². The first-order valence-electron chi connectivity index (χ1n) is 5.26. The second-order valence-corrected chi connectivity index (χ2v) is 5.28. The number of rotatable bonds is 3. The summed E-state index contributed by atoms with van der Waals surface area (Å²) in [6.07, 6.45) is 1.72. The van der Waals surface area contributed by atoms with Crippen LogP contribution in [0.15, 0.2) is 18.3 Å². The molecule has 0 bridgehead atoms. The summed E-state index contributed by atoms with van der Waals surface area (Å²) in [5, 5.41) is 0. The van der Waals surface area contributed by atoms with Crippen LogP contribution in [0.5, 0.6) is 0 Å². The van der Waals surface area contributed by atoms with Crippen molar-refractivity contribution in [3.8, 4) is 0 Å². The highest BCUT2D eigenvalue weighted by Crippen LogP contribution is 2.17. The molecule has 0 fully saturated rings. The molecule has 0 unspecified atom stereocenters. The van der Waals surface area contributed by atoms with Crippen molar-refractivity contribution < 1.29 is 0 Å². The fourth-order valence-electron chi connectivity index (χ4n) is 1.74. The molecular weight excluding hydrogens is 186 g/mol. The first-order chi connectivity index (χ1) is 6.88. The molecule has 0 radical (unpaired) electrons. The third-order valence-corrected chi connectivity index (χ3v) is 2.11. The number of aromatic nitrogens is 1. The fourth-order valence-corrected chi connectivity index (χ4v) is 1.74. The van der Waals surface area contributed by atoms with Crippen LogP contribution in [0.4, 0.5) is 5.82 Å². The standard InChI is InChI=1S/C12H21N3/c1-12(2,3)9-15(4)8-10-6-5-7-14-11(10)13/h5-7H,8-9H2,1-4H3,(H2,13,14). The van der Waals surface area contributed by atoms with E-state index in [4.69, 9.17) is 5.73 Å². The molecule has 0 spiro atoms. The van der Waals surface area contributed by atoms with Crippen LogP contribution in [0.3, 0.4) is 0 Å². The van der Waals surface area contributed by atoms with E-state index in [0.29, 0.717) is 11.2 Å². The van der Waals surface area contributed by atoms with Crippen molar-refractivity contribution >= 4 is 5.82 Å². The van der Waals surface area contributed by atoms with Crippen LogP contribution in [0.1, 0.15) is 26.3 Å². The molecule has 1 rings (SSSR count). The topological polar surface area (TPSA) is 42.2 Å². The minimum atomic E-state index is 0.311. The lowest BCUT2D eigenvalue weighted by Crippen LogP contribution is -2.29. The lowest BCUT2D eigenvalue weighted by molar-refractivity contribution is 0.221. The lowest BCUT2D eigenvalue weighted by atomic mass is 9.96. The number of hydrogen-bond donors (Lipinski definition) is 1. The number of anilines is 1. The van der Waals surface area contributed by atoms with Gasteiger partial charge < -0.3 is 10.6 Å². The van der Waals surface area contributed by atoms with Gasteiger partial charge in [-0.3, -0.25) is 0 Å². The third-order valence-electron chi connectivity index (χ3n) is 2.11. The number of nitrogens with zero attached hydrogens (tertiary/aromatic N) is 2. The van der Waals surface area contributed by atoms with Gasteiger partial charge in [-0.1, -0.05) is 26.8 Å². The summed E-state index contributed by atoms with van der Waals surface area (Å²) in [5.74, 6) is 0.637. The summed E-state index contributed by atoms with van der Waals surface area (Å²) >= 11 is 0. The summed E-state index contributed by atoms with van der Waals surface area (Å²) in [4.78, 5) is 6.35. The van der Waals surface area contributed by atoms with Crippen molar-refractivity contribution in [2.75, 3.05) is 19.3 Å². The zero-order valence-electron chi connectivity index (χ0n) is 10.1. The average Bonchev–Trinajstić information content (AvgIpc) is 2.05. The summed E-state index contributed by atoms with van der Waals surface area (Å²) in [6.45, 7) is 8.60. The molecule has 0 saturated carbocycles. The van der Waals surface area contributed by atoms with Crippen molar-refractivity contribution in [3.05, 3.63) is 23.9 Å². The Morgan fingerprint density at radius 2 is 2.07 bits per heavy atom. The van der Waals surface area contributed by atoms with E-state index in [0.717, 1.165) is 18.7 Å². The molecule has 15 heavy (non-hydrogen) atoms.